The fourth-order valence-electron chi connectivity index (χ4n) is 2.47. The van der Waals surface area contributed by atoms with Crippen LogP contribution in [0, 0.1) is 13.8 Å². The van der Waals surface area contributed by atoms with E-state index in [0.29, 0.717) is 11.3 Å². The molecule has 0 aliphatic heterocycles. The fraction of sp³-hybridized carbons (Fsp3) is 0.316. The highest BCUT2D eigenvalue weighted by Gasteiger charge is 2.17. The summed E-state index contributed by atoms with van der Waals surface area (Å²) < 4.78 is 5.26. The number of rotatable bonds is 5. The first-order valence-electron chi connectivity index (χ1n) is 7.57. The minimum atomic E-state index is -0.109. The number of para-hydroxylation sites is 1. The van der Waals surface area contributed by atoms with Gasteiger partial charge in [-0.15, -0.1) is 0 Å². The highest BCUT2D eigenvalue weighted by molar-refractivity contribution is 5.97. The summed E-state index contributed by atoms with van der Waals surface area (Å²) in [5.74, 6) is 0.484. The molecule has 1 atom stereocenters. The minimum absolute atomic E-state index is 0.00304. The standard InChI is InChI=1S/C19H23NO2/c1-5-17(15-11-10-13(2)14(3)12-15)20-19(21)16-8-6-7-9-18(16)22-4/h6-12,17H,5H2,1-4H3,(H,20,21). The Bertz CT molecular complexity index is 664. The van der Waals surface area contributed by atoms with Crippen LogP contribution in [0.1, 0.15) is 46.4 Å². The van der Waals surface area contributed by atoms with E-state index in [1.165, 1.54) is 11.1 Å². The van der Waals surface area contributed by atoms with Crippen LogP contribution in [0.15, 0.2) is 42.5 Å². The molecule has 0 radical (unpaired) electrons. The molecule has 116 valence electrons. The van der Waals surface area contributed by atoms with Crippen molar-refractivity contribution >= 4 is 5.91 Å². The largest absolute Gasteiger partial charge is 0.496 e. The molecule has 0 aliphatic carbocycles. The summed E-state index contributed by atoms with van der Waals surface area (Å²) in [6, 6.07) is 13.6. The van der Waals surface area contributed by atoms with Crippen LogP contribution in [-0.4, -0.2) is 13.0 Å². The molecule has 0 spiro atoms. The van der Waals surface area contributed by atoms with Crippen LogP contribution in [0.2, 0.25) is 0 Å². The second kappa shape index (κ2) is 7.12. The quantitative estimate of drug-likeness (QED) is 0.898. The van der Waals surface area contributed by atoms with Crippen LogP contribution in [0.25, 0.3) is 0 Å². The fourth-order valence-corrected chi connectivity index (χ4v) is 2.47. The van der Waals surface area contributed by atoms with Crippen molar-refractivity contribution in [3.05, 3.63) is 64.7 Å². The maximum atomic E-state index is 12.5. The van der Waals surface area contributed by atoms with Crippen LogP contribution in [-0.2, 0) is 0 Å². The van der Waals surface area contributed by atoms with Crippen LogP contribution in [0.5, 0.6) is 5.75 Å². The van der Waals surface area contributed by atoms with Crippen LogP contribution >= 0.6 is 0 Å². The second-order valence-electron chi connectivity index (χ2n) is 5.48. The molecule has 3 heteroatoms. The molecule has 0 bridgehead atoms. The molecule has 1 amide bonds. The van der Waals surface area contributed by atoms with Crippen molar-refractivity contribution in [1.29, 1.82) is 0 Å². The molecule has 0 saturated heterocycles. The molecule has 0 aliphatic rings. The van der Waals surface area contributed by atoms with E-state index in [1.54, 1.807) is 19.2 Å². The SMILES string of the molecule is CCC(NC(=O)c1ccccc1OC)c1ccc(C)c(C)c1. The van der Waals surface area contributed by atoms with E-state index < -0.39 is 0 Å². The van der Waals surface area contributed by atoms with Gasteiger partial charge < -0.3 is 10.1 Å². The van der Waals surface area contributed by atoms with Gasteiger partial charge in [-0.1, -0.05) is 37.3 Å². The first kappa shape index (κ1) is 16.1. The highest BCUT2D eigenvalue weighted by Crippen LogP contribution is 2.22. The Labute approximate surface area is 132 Å². The lowest BCUT2D eigenvalue weighted by Crippen LogP contribution is -2.28. The summed E-state index contributed by atoms with van der Waals surface area (Å²) in [5.41, 5.74) is 4.19. The maximum absolute atomic E-state index is 12.5. The number of nitrogens with one attached hydrogen (secondary N) is 1. The maximum Gasteiger partial charge on any atom is 0.255 e. The van der Waals surface area contributed by atoms with E-state index in [-0.39, 0.29) is 11.9 Å². The van der Waals surface area contributed by atoms with Crippen molar-refractivity contribution in [2.24, 2.45) is 0 Å². The Morgan fingerprint density at radius 2 is 1.86 bits per heavy atom. The molecule has 2 aromatic rings. The van der Waals surface area contributed by atoms with Gasteiger partial charge >= 0.3 is 0 Å². The van der Waals surface area contributed by atoms with Crippen molar-refractivity contribution in [1.82, 2.24) is 5.32 Å². The van der Waals surface area contributed by atoms with Crippen molar-refractivity contribution in [3.63, 3.8) is 0 Å². The Balaban J connectivity index is 2.22. The zero-order chi connectivity index (χ0) is 16.1. The van der Waals surface area contributed by atoms with E-state index in [0.717, 1.165) is 12.0 Å². The molecular formula is C19H23NO2. The number of hydrogen-bond donors (Lipinski definition) is 1. The zero-order valence-electron chi connectivity index (χ0n) is 13.6. The first-order valence-corrected chi connectivity index (χ1v) is 7.57. The number of amides is 1. The third-order valence-electron chi connectivity index (χ3n) is 4.00. The first-order chi connectivity index (χ1) is 10.6. The van der Waals surface area contributed by atoms with Gasteiger partial charge in [0.05, 0.1) is 18.7 Å². The number of aryl methyl sites for hydroxylation is 2. The summed E-state index contributed by atoms with van der Waals surface area (Å²) in [6.45, 7) is 6.25. The average molecular weight is 297 g/mol. The smallest absolute Gasteiger partial charge is 0.255 e. The van der Waals surface area contributed by atoms with Gasteiger partial charge in [0.25, 0.3) is 5.91 Å². The van der Waals surface area contributed by atoms with Crippen molar-refractivity contribution in [3.8, 4) is 5.75 Å². The van der Waals surface area contributed by atoms with Crippen LogP contribution in [0.3, 0.4) is 0 Å². The molecule has 3 nitrogen and oxygen atoms in total. The predicted molar refractivity (Wildman–Crippen MR) is 89.4 cm³/mol. The lowest BCUT2D eigenvalue weighted by atomic mass is 9.99. The van der Waals surface area contributed by atoms with Gasteiger partial charge in [0, 0.05) is 0 Å². The number of ether oxygens (including phenoxy) is 1. The number of hydrogen-bond acceptors (Lipinski definition) is 2. The van der Waals surface area contributed by atoms with Gasteiger partial charge in [0.1, 0.15) is 5.75 Å². The minimum Gasteiger partial charge on any atom is -0.496 e. The van der Waals surface area contributed by atoms with E-state index in [4.69, 9.17) is 4.74 Å². The summed E-state index contributed by atoms with van der Waals surface area (Å²) in [7, 11) is 1.58. The summed E-state index contributed by atoms with van der Waals surface area (Å²) >= 11 is 0. The van der Waals surface area contributed by atoms with Crippen molar-refractivity contribution in [2.45, 2.75) is 33.2 Å². The Kier molecular flexibility index (Phi) is 5.21. The number of methoxy groups -OCH3 is 1. The molecule has 2 rings (SSSR count). The summed E-state index contributed by atoms with van der Waals surface area (Å²) in [6.07, 6.45) is 0.837. The lowest BCUT2D eigenvalue weighted by Gasteiger charge is -2.19. The molecule has 2 aromatic carbocycles. The third kappa shape index (κ3) is 3.48. The molecular weight excluding hydrogens is 274 g/mol. The Morgan fingerprint density at radius 1 is 1.14 bits per heavy atom. The molecule has 22 heavy (non-hydrogen) atoms. The second-order valence-corrected chi connectivity index (χ2v) is 5.48. The van der Waals surface area contributed by atoms with Crippen LogP contribution < -0.4 is 10.1 Å². The number of benzene rings is 2. The van der Waals surface area contributed by atoms with Gasteiger partial charge in [-0.25, -0.2) is 0 Å². The summed E-state index contributed by atoms with van der Waals surface area (Å²) in [4.78, 5) is 12.5. The molecule has 0 fully saturated rings. The third-order valence-corrected chi connectivity index (χ3v) is 4.00. The number of carbonyl (C=O) groups is 1. The van der Waals surface area contributed by atoms with Crippen molar-refractivity contribution < 1.29 is 9.53 Å². The van der Waals surface area contributed by atoms with Crippen LogP contribution in [0.4, 0.5) is 0 Å². The predicted octanol–water partition coefficient (Wildman–Crippen LogP) is 4.19. The molecule has 0 aromatic heterocycles. The van der Waals surface area contributed by atoms with E-state index in [2.05, 4.69) is 44.3 Å². The highest BCUT2D eigenvalue weighted by atomic mass is 16.5. The normalized spacial score (nSPS) is 11.8. The van der Waals surface area contributed by atoms with Gasteiger partial charge in [-0.3, -0.25) is 4.79 Å². The lowest BCUT2D eigenvalue weighted by molar-refractivity contribution is 0.0932. The van der Waals surface area contributed by atoms with Gasteiger partial charge in [-0.05, 0) is 49.1 Å². The molecule has 1 unspecified atom stereocenters. The van der Waals surface area contributed by atoms with Gasteiger partial charge in [0.15, 0.2) is 0 Å². The monoisotopic (exact) mass is 297 g/mol. The Morgan fingerprint density at radius 3 is 2.50 bits per heavy atom. The Hall–Kier alpha value is -2.29. The van der Waals surface area contributed by atoms with E-state index in [1.807, 2.05) is 12.1 Å². The summed E-state index contributed by atoms with van der Waals surface area (Å²) in [5, 5.41) is 3.10. The molecule has 1 N–H and O–H groups in total. The zero-order valence-corrected chi connectivity index (χ0v) is 13.6. The van der Waals surface area contributed by atoms with E-state index >= 15 is 0 Å². The number of carbonyl (C=O) groups excluding carboxylic acids is 1. The van der Waals surface area contributed by atoms with E-state index in [9.17, 15) is 4.79 Å². The average Bonchev–Trinajstić information content (AvgIpc) is 2.55. The topological polar surface area (TPSA) is 38.3 Å². The van der Waals surface area contributed by atoms with Gasteiger partial charge in [0.2, 0.25) is 0 Å². The molecule has 0 heterocycles. The molecule has 0 saturated carbocycles. The van der Waals surface area contributed by atoms with Crippen molar-refractivity contribution in [2.75, 3.05) is 7.11 Å². The van der Waals surface area contributed by atoms with Gasteiger partial charge in [-0.2, -0.15) is 0 Å².